The van der Waals surface area contributed by atoms with E-state index < -0.39 is 10.0 Å². The minimum atomic E-state index is -3.73. The summed E-state index contributed by atoms with van der Waals surface area (Å²) >= 11 is 6.18. The van der Waals surface area contributed by atoms with E-state index in [0.29, 0.717) is 29.2 Å². The number of primary sulfonamides is 1. The smallest absolute Gasteiger partial charge is 0.252 e. The van der Waals surface area contributed by atoms with Gasteiger partial charge in [0, 0.05) is 22.5 Å². The molecule has 4 aromatic rings. The topological polar surface area (TPSA) is 102 Å². The van der Waals surface area contributed by atoms with Gasteiger partial charge in [-0.05, 0) is 54.8 Å². The number of hydrogen-bond donors (Lipinski definition) is 2. The second-order valence-corrected chi connectivity index (χ2v) is 9.68. The fourth-order valence-electron chi connectivity index (χ4n) is 3.77. The Labute approximate surface area is 197 Å². The van der Waals surface area contributed by atoms with Crippen molar-refractivity contribution in [2.24, 2.45) is 5.14 Å². The summed E-state index contributed by atoms with van der Waals surface area (Å²) in [5.74, 6) is -0.199. The highest BCUT2D eigenvalue weighted by Gasteiger charge is 2.19. The fraction of sp³-hybridized carbons (Fsp3) is 0.120. The summed E-state index contributed by atoms with van der Waals surface area (Å²) < 4.78 is 22.8. The molecule has 0 aliphatic rings. The molecule has 0 fully saturated rings. The highest BCUT2D eigenvalue weighted by atomic mass is 35.5. The Morgan fingerprint density at radius 1 is 1.03 bits per heavy atom. The lowest BCUT2D eigenvalue weighted by atomic mass is 9.97. The third-order valence-corrected chi connectivity index (χ3v) is 6.58. The van der Waals surface area contributed by atoms with Gasteiger partial charge in [-0.3, -0.25) is 4.79 Å². The van der Waals surface area contributed by atoms with Crippen molar-refractivity contribution in [1.82, 2.24) is 10.3 Å². The molecule has 1 amide bonds. The lowest BCUT2D eigenvalue weighted by Gasteiger charge is -2.15. The molecule has 0 unspecified atom stereocenters. The summed E-state index contributed by atoms with van der Waals surface area (Å²) in [6.07, 6.45) is 0.542. The fourth-order valence-corrected chi connectivity index (χ4v) is 4.48. The van der Waals surface area contributed by atoms with E-state index >= 15 is 0 Å². The van der Waals surface area contributed by atoms with Gasteiger partial charge in [0.15, 0.2) is 0 Å². The third kappa shape index (κ3) is 5.06. The van der Waals surface area contributed by atoms with Gasteiger partial charge in [-0.1, -0.05) is 54.1 Å². The number of rotatable bonds is 6. The minimum absolute atomic E-state index is 0.0581. The van der Waals surface area contributed by atoms with Gasteiger partial charge >= 0.3 is 0 Å². The van der Waals surface area contributed by atoms with Crippen LogP contribution >= 0.6 is 11.6 Å². The Morgan fingerprint density at radius 3 is 2.45 bits per heavy atom. The van der Waals surface area contributed by atoms with Crippen LogP contribution in [0.25, 0.3) is 22.2 Å². The first-order valence-corrected chi connectivity index (χ1v) is 12.2. The van der Waals surface area contributed by atoms with Crippen molar-refractivity contribution in [3.8, 4) is 11.3 Å². The number of nitrogens with two attached hydrogens (primary N) is 1. The molecule has 0 atom stereocenters. The van der Waals surface area contributed by atoms with E-state index in [9.17, 15) is 13.2 Å². The molecule has 168 valence electrons. The normalized spacial score (nSPS) is 11.5. The van der Waals surface area contributed by atoms with Crippen LogP contribution in [0.5, 0.6) is 0 Å². The van der Waals surface area contributed by atoms with Crippen molar-refractivity contribution >= 4 is 38.4 Å². The number of halogens is 1. The van der Waals surface area contributed by atoms with Crippen molar-refractivity contribution in [3.63, 3.8) is 0 Å². The first-order chi connectivity index (χ1) is 15.7. The van der Waals surface area contributed by atoms with Crippen molar-refractivity contribution in [2.75, 3.05) is 6.54 Å². The second kappa shape index (κ2) is 9.31. The number of hydrogen-bond acceptors (Lipinski definition) is 4. The van der Waals surface area contributed by atoms with Crippen LogP contribution in [0, 0.1) is 6.92 Å². The molecule has 4 rings (SSSR count). The van der Waals surface area contributed by atoms with E-state index in [1.807, 2.05) is 49.4 Å². The van der Waals surface area contributed by atoms with Crippen molar-refractivity contribution < 1.29 is 13.2 Å². The Hall–Kier alpha value is -3.26. The summed E-state index contributed by atoms with van der Waals surface area (Å²) in [5.41, 5.74) is 4.50. The number of nitrogens with one attached hydrogen (secondary N) is 1. The molecular formula is C25H22ClN3O3S. The maximum Gasteiger partial charge on any atom is 0.252 e. The largest absolute Gasteiger partial charge is 0.352 e. The van der Waals surface area contributed by atoms with Gasteiger partial charge in [0.1, 0.15) is 0 Å². The zero-order valence-corrected chi connectivity index (χ0v) is 19.5. The molecule has 33 heavy (non-hydrogen) atoms. The number of carbonyl (C=O) groups excluding carboxylic acids is 1. The summed E-state index contributed by atoms with van der Waals surface area (Å²) in [4.78, 5) is 18.1. The highest BCUT2D eigenvalue weighted by Crippen LogP contribution is 2.30. The van der Waals surface area contributed by atoms with E-state index in [0.717, 1.165) is 27.6 Å². The van der Waals surface area contributed by atoms with Gasteiger partial charge in [-0.15, -0.1) is 0 Å². The number of carbonyl (C=O) groups is 1. The van der Waals surface area contributed by atoms with Crippen molar-refractivity contribution in [2.45, 2.75) is 18.2 Å². The van der Waals surface area contributed by atoms with Gasteiger partial charge in [0.2, 0.25) is 10.0 Å². The molecule has 0 saturated heterocycles. The third-order valence-electron chi connectivity index (χ3n) is 5.41. The number of nitrogens with zero attached hydrogens (tertiary/aromatic N) is 1. The molecule has 0 saturated carbocycles. The zero-order chi connectivity index (χ0) is 23.6. The lowest BCUT2D eigenvalue weighted by molar-refractivity contribution is 0.0955. The maximum atomic E-state index is 13.2. The van der Waals surface area contributed by atoms with Crippen LogP contribution in [0.4, 0.5) is 0 Å². The molecule has 8 heteroatoms. The van der Waals surface area contributed by atoms with Crippen molar-refractivity contribution in [3.05, 3.63) is 94.5 Å². The number of fused-ring (bicyclic) bond motifs is 1. The van der Waals surface area contributed by atoms with Crippen LogP contribution in [0.3, 0.4) is 0 Å². The van der Waals surface area contributed by atoms with E-state index in [2.05, 4.69) is 5.32 Å². The molecule has 0 aliphatic carbocycles. The number of para-hydroxylation sites is 1. The summed E-state index contributed by atoms with van der Waals surface area (Å²) in [6.45, 7) is 2.27. The monoisotopic (exact) mass is 479 g/mol. The summed E-state index contributed by atoms with van der Waals surface area (Å²) in [7, 11) is -3.73. The van der Waals surface area contributed by atoms with Crippen LogP contribution in [0.1, 0.15) is 21.5 Å². The van der Waals surface area contributed by atoms with E-state index in [-0.39, 0.29) is 10.8 Å². The van der Waals surface area contributed by atoms with Gasteiger partial charge in [0.25, 0.3) is 5.91 Å². The first kappa shape index (κ1) is 22.9. The summed E-state index contributed by atoms with van der Waals surface area (Å²) in [6, 6.07) is 21.2. The van der Waals surface area contributed by atoms with E-state index in [4.69, 9.17) is 21.7 Å². The maximum absolute atomic E-state index is 13.2. The molecule has 1 heterocycles. The highest BCUT2D eigenvalue weighted by molar-refractivity contribution is 7.89. The van der Waals surface area contributed by atoms with Crippen LogP contribution in [-0.2, 0) is 16.4 Å². The molecule has 6 nitrogen and oxygen atoms in total. The molecule has 1 aromatic heterocycles. The molecule has 3 N–H and O–H groups in total. The Kier molecular flexibility index (Phi) is 6.47. The number of aromatic nitrogens is 1. The summed E-state index contributed by atoms with van der Waals surface area (Å²) in [5, 5.41) is 9.49. The molecule has 3 aromatic carbocycles. The van der Waals surface area contributed by atoms with Crippen molar-refractivity contribution in [1.29, 1.82) is 0 Å². The molecule has 0 spiro atoms. The molecule has 0 radical (unpaired) electrons. The number of pyridine rings is 1. The molecule has 0 bridgehead atoms. The average Bonchev–Trinajstić information content (AvgIpc) is 2.78. The standard InChI is InChI=1S/C25H22ClN3O3S/c1-16-23(25(30)28-14-13-17-9-11-20(12-10-17)33(27,31)32)21-7-2-3-8-22(21)29-24(16)18-5-4-6-19(26)15-18/h2-12,15H,13-14H2,1H3,(H,28,30)(H2,27,31,32). The van der Waals surface area contributed by atoms with Gasteiger partial charge in [-0.2, -0.15) is 0 Å². The number of sulfonamides is 1. The van der Waals surface area contributed by atoms with Crippen LogP contribution in [-0.4, -0.2) is 25.9 Å². The van der Waals surface area contributed by atoms with Crippen LogP contribution in [0.2, 0.25) is 5.02 Å². The predicted molar refractivity (Wildman–Crippen MR) is 131 cm³/mol. The predicted octanol–water partition coefficient (Wildman–Crippen LogP) is 4.48. The number of amides is 1. The van der Waals surface area contributed by atoms with E-state index in [1.54, 1.807) is 18.2 Å². The van der Waals surface area contributed by atoms with Crippen LogP contribution in [0.15, 0.2) is 77.7 Å². The molecule has 0 aliphatic heterocycles. The number of benzene rings is 3. The first-order valence-electron chi connectivity index (χ1n) is 10.3. The van der Waals surface area contributed by atoms with Crippen LogP contribution < -0.4 is 10.5 Å². The van der Waals surface area contributed by atoms with Gasteiger partial charge in [0.05, 0.1) is 21.7 Å². The SMILES string of the molecule is Cc1c(-c2cccc(Cl)c2)nc2ccccc2c1C(=O)NCCc1ccc(S(N)(=O)=O)cc1. The zero-order valence-electron chi connectivity index (χ0n) is 17.9. The molecular weight excluding hydrogens is 458 g/mol. The lowest BCUT2D eigenvalue weighted by Crippen LogP contribution is -2.27. The second-order valence-electron chi connectivity index (χ2n) is 7.68. The Bertz CT molecular complexity index is 1450. The minimum Gasteiger partial charge on any atom is -0.352 e. The Morgan fingerprint density at radius 2 is 1.76 bits per heavy atom. The van der Waals surface area contributed by atoms with Gasteiger partial charge < -0.3 is 5.32 Å². The Balaban J connectivity index is 1.60. The average molecular weight is 480 g/mol. The van der Waals surface area contributed by atoms with Gasteiger partial charge in [-0.25, -0.2) is 18.5 Å². The van der Waals surface area contributed by atoms with E-state index in [1.165, 1.54) is 12.1 Å². The quantitative estimate of drug-likeness (QED) is 0.425.